The molecule has 9 rings (SSSR count). The topological polar surface area (TPSA) is 45.4 Å². The number of aromatic nitrogens is 2. The van der Waals surface area contributed by atoms with E-state index < -0.39 is 0 Å². The molecule has 0 atom stereocenters. The maximum Gasteiger partial charge on any atom is 0.0737 e. The lowest BCUT2D eigenvalue weighted by molar-refractivity contribution is 0.590. The quantitative estimate of drug-likeness (QED) is 0.184. The number of aliphatic imine (C=N–C) groups is 2. The fourth-order valence-electron chi connectivity index (χ4n) is 9.24. The van der Waals surface area contributed by atoms with Crippen LogP contribution in [0.1, 0.15) is 139 Å². The summed E-state index contributed by atoms with van der Waals surface area (Å²) in [6.07, 6.45) is 11.1. The van der Waals surface area contributed by atoms with Gasteiger partial charge in [-0.1, -0.05) is 180 Å². The summed E-state index contributed by atoms with van der Waals surface area (Å²) in [6, 6.07) is 43.1. The predicted octanol–water partition coefficient (Wildman–Crippen LogP) is 13.2. The maximum atomic E-state index is 5.60. The highest BCUT2D eigenvalue weighted by Crippen LogP contribution is 2.39. The van der Waals surface area contributed by atoms with Gasteiger partial charge in [0.25, 0.3) is 0 Å². The smallest absolute Gasteiger partial charge is 0.0737 e. The Morgan fingerprint density at radius 2 is 0.692 bits per heavy atom. The van der Waals surface area contributed by atoms with E-state index in [4.69, 9.17) is 9.98 Å². The van der Waals surface area contributed by atoms with E-state index in [0.717, 1.165) is 89.3 Å². The van der Waals surface area contributed by atoms with Crippen LogP contribution >= 0.6 is 0 Å². The SMILES string of the molecule is Cn1cc2cc1C(c1ccc(C(C)(C)C)cc1)=C1C=CC(=N1)C(c1ccc(C(C)(C)C)cc1)=c1ccc([nH]1)=C(c1ccc(C(C)(C)C)cc1)C1=NC(=C2c2ccc(C(C)(C)C)cc2)C=C1. The zero-order chi connectivity index (χ0) is 46.2. The van der Waals surface area contributed by atoms with Crippen LogP contribution in [-0.2, 0) is 28.7 Å². The minimum absolute atomic E-state index is 0.0276. The fraction of sp³-hybridized carbons (Fsp3) is 0.279. The van der Waals surface area contributed by atoms with Gasteiger partial charge in [-0.05, 0) is 109 Å². The lowest BCUT2D eigenvalue weighted by Crippen LogP contribution is -2.21. The van der Waals surface area contributed by atoms with Crippen LogP contribution in [0.2, 0.25) is 0 Å². The molecular weight excluding hydrogens is 789 g/mol. The number of hydrogen-bond acceptors (Lipinski definition) is 2. The Balaban J connectivity index is 1.39. The summed E-state index contributed by atoms with van der Waals surface area (Å²) in [6.45, 7) is 27.2. The molecule has 3 aliphatic heterocycles. The summed E-state index contributed by atoms with van der Waals surface area (Å²) >= 11 is 0. The third kappa shape index (κ3) is 8.48. The molecule has 328 valence electrons. The number of nitrogens with zero attached hydrogens (tertiary/aromatic N) is 3. The average molecular weight is 853 g/mol. The van der Waals surface area contributed by atoms with Crippen molar-refractivity contribution in [2.24, 2.45) is 17.0 Å². The van der Waals surface area contributed by atoms with Gasteiger partial charge in [0.2, 0.25) is 0 Å². The zero-order valence-corrected chi connectivity index (χ0v) is 40.7. The van der Waals surface area contributed by atoms with Gasteiger partial charge in [-0.25, -0.2) is 9.98 Å². The highest BCUT2D eigenvalue weighted by atomic mass is 14.9. The monoisotopic (exact) mass is 853 g/mol. The minimum Gasteiger partial charge on any atom is -0.354 e. The third-order valence-corrected chi connectivity index (χ3v) is 13.2. The highest BCUT2D eigenvalue weighted by molar-refractivity contribution is 6.31. The van der Waals surface area contributed by atoms with Gasteiger partial charge < -0.3 is 9.55 Å². The molecule has 0 amide bonds. The van der Waals surface area contributed by atoms with Crippen LogP contribution in [0.25, 0.3) is 22.3 Å². The maximum absolute atomic E-state index is 5.60. The van der Waals surface area contributed by atoms with Crippen molar-refractivity contribution >= 4 is 33.7 Å². The molecule has 0 saturated heterocycles. The van der Waals surface area contributed by atoms with Gasteiger partial charge >= 0.3 is 0 Å². The summed E-state index contributed by atoms with van der Waals surface area (Å²) in [5.41, 5.74) is 19.9. The van der Waals surface area contributed by atoms with Crippen LogP contribution in [0.3, 0.4) is 0 Å². The van der Waals surface area contributed by atoms with Crippen molar-refractivity contribution in [1.82, 2.24) is 9.55 Å². The molecule has 0 radical (unpaired) electrons. The largest absolute Gasteiger partial charge is 0.354 e. The average Bonchev–Trinajstić information content (AvgIpc) is 4.08. The van der Waals surface area contributed by atoms with Crippen molar-refractivity contribution in [3.63, 3.8) is 0 Å². The number of hydrogen-bond donors (Lipinski definition) is 1. The van der Waals surface area contributed by atoms with Crippen molar-refractivity contribution in [2.45, 2.75) is 105 Å². The lowest BCUT2D eigenvalue weighted by atomic mass is 9.85. The summed E-state index contributed by atoms with van der Waals surface area (Å²) in [4.78, 5) is 15.1. The fourth-order valence-corrected chi connectivity index (χ4v) is 9.24. The first kappa shape index (κ1) is 43.7. The van der Waals surface area contributed by atoms with Gasteiger partial charge in [0.05, 0.1) is 28.5 Å². The normalized spacial score (nSPS) is 15.6. The van der Waals surface area contributed by atoms with Gasteiger partial charge in [0.1, 0.15) is 0 Å². The minimum atomic E-state index is 0.0276. The number of fused-ring (bicyclic) bond motifs is 6. The second-order valence-corrected chi connectivity index (χ2v) is 22.3. The van der Waals surface area contributed by atoms with Gasteiger partial charge in [0.15, 0.2) is 0 Å². The number of allylic oxidation sites excluding steroid dienone is 4. The van der Waals surface area contributed by atoms with E-state index in [1.807, 2.05) is 0 Å². The van der Waals surface area contributed by atoms with E-state index in [0.29, 0.717) is 0 Å². The number of nitrogens with one attached hydrogen (secondary N) is 1. The third-order valence-electron chi connectivity index (χ3n) is 13.2. The number of rotatable bonds is 4. The molecule has 0 spiro atoms. The molecule has 6 aromatic rings. The Morgan fingerprint density at radius 1 is 0.369 bits per heavy atom. The molecular formula is C61H64N4. The molecule has 3 aliphatic rings. The van der Waals surface area contributed by atoms with E-state index in [9.17, 15) is 0 Å². The van der Waals surface area contributed by atoms with Gasteiger partial charge in [-0.2, -0.15) is 0 Å². The molecule has 0 aliphatic carbocycles. The van der Waals surface area contributed by atoms with E-state index in [1.165, 1.54) is 22.3 Å². The van der Waals surface area contributed by atoms with Crippen molar-refractivity contribution in [3.05, 3.63) is 224 Å². The first-order valence-corrected chi connectivity index (χ1v) is 23.2. The molecule has 4 heteroatoms. The lowest BCUT2D eigenvalue weighted by Gasteiger charge is -2.20. The van der Waals surface area contributed by atoms with Crippen LogP contribution in [0.5, 0.6) is 0 Å². The molecule has 5 heterocycles. The zero-order valence-electron chi connectivity index (χ0n) is 40.7. The van der Waals surface area contributed by atoms with Gasteiger partial charge in [-0.15, -0.1) is 0 Å². The Morgan fingerprint density at radius 3 is 1.05 bits per heavy atom. The summed E-state index contributed by atoms with van der Waals surface area (Å²) in [5, 5.41) is 2.00. The second-order valence-electron chi connectivity index (χ2n) is 22.3. The summed E-state index contributed by atoms with van der Waals surface area (Å²) in [5.74, 6) is 0. The highest BCUT2D eigenvalue weighted by Gasteiger charge is 2.26. The molecule has 0 saturated carbocycles. The summed E-state index contributed by atoms with van der Waals surface area (Å²) in [7, 11) is 2.16. The predicted molar refractivity (Wildman–Crippen MR) is 276 cm³/mol. The van der Waals surface area contributed by atoms with E-state index in [1.54, 1.807) is 0 Å². The van der Waals surface area contributed by atoms with Gasteiger partial charge in [-0.3, -0.25) is 0 Å². The summed E-state index contributed by atoms with van der Waals surface area (Å²) < 4.78 is 2.27. The van der Waals surface area contributed by atoms with Gasteiger partial charge in [0, 0.05) is 51.8 Å². The number of benzene rings is 4. The number of aryl methyl sites for hydroxylation is 1. The van der Waals surface area contributed by atoms with E-state index >= 15 is 0 Å². The molecule has 4 aromatic carbocycles. The Bertz CT molecular complexity index is 3150. The molecule has 4 nitrogen and oxygen atoms in total. The molecule has 0 fully saturated rings. The molecule has 65 heavy (non-hydrogen) atoms. The van der Waals surface area contributed by atoms with Crippen LogP contribution in [0.15, 0.2) is 167 Å². The van der Waals surface area contributed by atoms with E-state index in [-0.39, 0.29) is 21.7 Å². The van der Waals surface area contributed by atoms with Crippen LogP contribution in [0.4, 0.5) is 0 Å². The van der Waals surface area contributed by atoms with Crippen molar-refractivity contribution < 1.29 is 0 Å². The molecule has 1 N–H and O–H groups in total. The Kier molecular flexibility index (Phi) is 10.7. The standard InChI is InChI=1S/C61H64N4/c1-58(2,3)43-22-14-38(15-23-43)54-42-36-53(65(13)37-42)57(41-20-28-46(29-21-41)61(10,11)12)52-35-34-51(64-52)56(40-18-26-45(27-19-40)60(7,8)9)50-33-32-49(63-50)55(48-31-30-47(54)62-48)39-16-24-44(25-17-39)59(4,5)6/h14-37,63H,1-13H3. The second kappa shape index (κ2) is 15.9. The first-order chi connectivity index (χ1) is 30.6. The molecule has 2 aromatic heterocycles. The van der Waals surface area contributed by atoms with Crippen LogP contribution < -0.4 is 10.7 Å². The molecule has 8 bridgehead atoms. The number of aromatic amines is 1. The number of H-pyrrole nitrogens is 1. The van der Waals surface area contributed by atoms with Crippen molar-refractivity contribution in [3.8, 4) is 0 Å². The van der Waals surface area contributed by atoms with E-state index in [2.05, 4.69) is 245 Å². The van der Waals surface area contributed by atoms with Crippen molar-refractivity contribution in [2.75, 3.05) is 0 Å². The van der Waals surface area contributed by atoms with Crippen LogP contribution in [-0.4, -0.2) is 21.0 Å². The Hall–Kier alpha value is -6.52. The van der Waals surface area contributed by atoms with Crippen LogP contribution in [0, 0.1) is 0 Å². The molecule has 0 unspecified atom stereocenters. The van der Waals surface area contributed by atoms with Crippen molar-refractivity contribution in [1.29, 1.82) is 0 Å². The first-order valence-electron chi connectivity index (χ1n) is 23.2. The Labute approximate surface area is 387 Å².